The third-order valence-corrected chi connectivity index (χ3v) is 6.12. The lowest BCUT2D eigenvalue weighted by Crippen LogP contribution is -2.26. The molecule has 0 spiro atoms. The van der Waals surface area contributed by atoms with Crippen LogP contribution in [0.5, 0.6) is 0 Å². The molecule has 0 bridgehead atoms. The highest BCUT2D eigenvalue weighted by Crippen LogP contribution is 2.37. The summed E-state index contributed by atoms with van der Waals surface area (Å²) in [7, 11) is 3.89. The molecule has 0 radical (unpaired) electrons. The van der Waals surface area contributed by atoms with Crippen molar-refractivity contribution in [2.75, 3.05) is 11.4 Å². The SMILES string of the molecule is Cn1cc(C2=CCc3ncc(N4CCCc5cc(-c6cnn(C)c6)ccc54)nc32)cn1. The minimum atomic E-state index is 0.817. The second-order valence-electron chi connectivity index (χ2n) is 8.25. The van der Waals surface area contributed by atoms with Gasteiger partial charge in [0.15, 0.2) is 5.82 Å². The maximum Gasteiger partial charge on any atom is 0.152 e. The number of rotatable bonds is 3. The highest BCUT2D eigenvalue weighted by molar-refractivity contribution is 5.82. The van der Waals surface area contributed by atoms with Gasteiger partial charge in [0.25, 0.3) is 0 Å². The topological polar surface area (TPSA) is 64.7 Å². The number of fused-ring (bicyclic) bond motifs is 2. The molecule has 0 unspecified atom stereocenters. The molecule has 3 aromatic heterocycles. The van der Waals surface area contributed by atoms with Gasteiger partial charge in [0.2, 0.25) is 0 Å². The summed E-state index contributed by atoms with van der Waals surface area (Å²) in [5, 5.41) is 8.63. The summed E-state index contributed by atoms with van der Waals surface area (Å²) in [5.41, 5.74) is 9.14. The molecule has 0 N–H and O–H groups in total. The van der Waals surface area contributed by atoms with Crippen LogP contribution in [0.4, 0.5) is 11.5 Å². The molecule has 31 heavy (non-hydrogen) atoms. The van der Waals surface area contributed by atoms with Crippen molar-refractivity contribution in [2.45, 2.75) is 19.3 Å². The highest BCUT2D eigenvalue weighted by atomic mass is 15.2. The van der Waals surface area contributed by atoms with Crippen LogP contribution in [-0.2, 0) is 26.9 Å². The van der Waals surface area contributed by atoms with Crippen molar-refractivity contribution in [1.82, 2.24) is 29.5 Å². The minimum Gasteiger partial charge on any atom is -0.325 e. The molecule has 0 amide bonds. The number of nitrogens with zero attached hydrogens (tertiary/aromatic N) is 7. The van der Waals surface area contributed by atoms with Gasteiger partial charge in [-0.3, -0.25) is 14.3 Å². The average molecular weight is 409 g/mol. The summed E-state index contributed by atoms with van der Waals surface area (Å²) >= 11 is 0. The number of hydrogen-bond acceptors (Lipinski definition) is 5. The van der Waals surface area contributed by atoms with E-state index in [-0.39, 0.29) is 0 Å². The molecule has 1 aliphatic heterocycles. The van der Waals surface area contributed by atoms with Gasteiger partial charge in [0, 0.05) is 61.8 Å². The van der Waals surface area contributed by atoms with Crippen LogP contribution < -0.4 is 4.90 Å². The predicted octanol–water partition coefficient (Wildman–Crippen LogP) is 3.68. The van der Waals surface area contributed by atoms with E-state index in [0.29, 0.717) is 0 Å². The molecular weight excluding hydrogens is 386 g/mol. The van der Waals surface area contributed by atoms with Crippen LogP contribution in [0.15, 0.2) is 55.3 Å². The van der Waals surface area contributed by atoms with Gasteiger partial charge in [-0.25, -0.2) is 4.98 Å². The molecule has 0 fully saturated rings. The highest BCUT2D eigenvalue weighted by Gasteiger charge is 2.24. The standard InChI is InChI=1S/C24H23N7/c1-29-14-18(11-26-29)16-5-8-22-17(10-16)4-3-9-31(22)23-13-25-21-7-6-20(24(21)28-23)19-12-27-30(2)15-19/h5-6,8,10-15H,3-4,7,9H2,1-2H3. The molecule has 154 valence electrons. The first-order chi connectivity index (χ1) is 15.2. The Kier molecular flexibility index (Phi) is 4.02. The number of allylic oxidation sites excluding steroid dienone is 1. The summed E-state index contributed by atoms with van der Waals surface area (Å²) in [4.78, 5) is 12.1. The summed E-state index contributed by atoms with van der Waals surface area (Å²) < 4.78 is 3.67. The Hall–Kier alpha value is -3.74. The van der Waals surface area contributed by atoms with Crippen molar-refractivity contribution in [3.63, 3.8) is 0 Å². The van der Waals surface area contributed by atoms with Gasteiger partial charge >= 0.3 is 0 Å². The van der Waals surface area contributed by atoms with E-state index in [4.69, 9.17) is 9.97 Å². The minimum absolute atomic E-state index is 0.817. The van der Waals surface area contributed by atoms with Gasteiger partial charge in [-0.1, -0.05) is 12.1 Å². The van der Waals surface area contributed by atoms with E-state index in [9.17, 15) is 0 Å². The van der Waals surface area contributed by atoms with Crippen LogP contribution in [0.1, 0.15) is 28.9 Å². The largest absolute Gasteiger partial charge is 0.325 e. The third kappa shape index (κ3) is 3.04. The fourth-order valence-electron chi connectivity index (χ4n) is 4.60. The average Bonchev–Trinajstić information content (AvgIpc) is 3.52. The number of aromatic nitrogens is 6. The van der Waals surface area contributed by atoms with Crippen LogP contribution in [0.25, 0.3) is 16.7 Å². The van der Waals surface area contributed by atoms with Crippen LogP contribution in [0.3, 0.4) is 0 Å². The maximum absolute atomic E-state index is 5.07. The van der Waals surface area contributed by atoms with Gasteiger partial charge in [-0.05, 0) is 36.1 Å². The molecule has 0 saturated heterocycles. The molecule has 4 heterocycles. The van der Waals surface area contributed by atoms with Crippen molar-refractivity contribution in [1.29, 1.82) is 0 Å². The van der Waals surface area contributed by atoms with Crippen molar-refractivity contribution in [3.05, 3.63) is 77.8 Å². The van der Waals surface area contributed by atoms with Crippen LogP contribution in [0.2, 0.25) is 0 Å². The summed E-state index contributed by atoms with van der Waals surface area (Å²) in [6.45, 7) is 0.943. The molecule has 6 rings (SSSR count). The van der Waals surface area contributed by atoms with E-state index in [1.54, 1.807) is 0 Å². The van der Waals surface area contributed by atoms with Gasteiger partial charge in [0.05, 0.1) is 30.0 Å². The number of anilines is 2. The number of hydrogen-bond donors (Lipinski definition) is 0. The Morgan fingerprint density at radius 2 is 1.71 bits per heavy atom. The van der Waals surface area contributed by atoms with E-state index in [0.717, 1.165) is 59.7 Å². The summed E-state index contributed by atoms with van der Waals surface area (Å²) in [5.74, 6) is 0.908. The summed E-state index contributed by atoms with van der Waals surface area (Å²) in [6, 6.07) is 6.68. The Labute approximate surface area is 180 Å². The van der Waals surface area contributed by atoms with Crippen molar-refractivity contribution in [3.8, 4) is 11.1 Å². The van der Waals surface area contributed by atoms with E-state index in [1.165, 1.54) is 16.8 Å². The van der Waals surface area contributed by atoms with E-state index in [1.807, 2.05) is 48.2 Å². The van der Waals surface area contributed by atoms with Crippen molar-refractivity contribution in [2.24, 2.45) is 14.1 Å². The summed E-state index contributed by atoms with van der Waals surface area (Å²) in [6.07, 6.45) is 15.0. The third-order valence-electron chi connectivity index (χ3n) is 6.12. The van der Waals surface area contributed by atoms with E-state index < -0.39 is 0 Å². The first kappa shape index (κ1) is 18.1. The Morgan fingerprint density at radius 1 is 0.903 bits per heavy atom. The first-order valence-electron chi connectivity index (χ1n) is 10.6. The lowest BCUT2D eigenvalue weighted by Gasteiger charge is -2.31. The van der Waals surface area contributed by atoms with Crippen LogP contribution in [0, 0.1) is 0 Å². The Balaban J connectivity index is 1.37. The van der Waals surface area contributed by atoms with Crippen molar-refractivity contribution >= 4 is 17.1 Å². The van der Waals surface area contributed by atoms with Crippen molar-refractivity contribution < 1.29 is 0 Å². The Morgan fingerprint density at radius 3 is 2.48 bits per heavy atom. The monoisotopic (exact) mass is 409 g/mol. The smallest absolute Gasteiger partial charge is 0.152 e. The van der Waals surface area contributed by atoms with Gasteiger partial charge in [-0.15, -0.1) is 0 Å². The number of benzene rings is 1. The number of aryl methyl sites for hydroxylation is 3. The molecular formula is C24H23N7. The first-order valence-corrected chi connectivity index (χ1v) is 10.6. The zero-order chi connectivity index (χ0) is 20.9. The zero-order valence-corrected chi connectivity index (χ0v) is 17.7. The quantitative estimate of drug-likeness (QED) is 0.516. The van der Waals surface area contributed by atoms with Crippen LogP contribution in [-0.4, -0.2) is 36.1 Å². The zero-order valence-electron chi connectivity index (χ0n) is 17.7. The molecule has 2 aliphatic rings. The molecule has 0 saturated carbocycles. The Bertz CT molecular complexity index is 1330. The molecule has 1 aliphatic carbocycles. The predicted molar refractivity (Wildman–Crippen MR) is 120 cm³/mol. The lowest BCUT2D eigenvalue weighted by atomic mass is 9.97. The molecule has 4 aromatic rings. The lowest BCUT2D eigenvalue weighted by molar-refractivity contribution is 0.757. The second kappa shape index (κ2) is 6.91. The fourth-order valence-corrected chi connectivity index (χ4v) is 4.60. The normalized spacial score (nSPS) is 15.0. The van der Waals surface area contributed by atoms with Crippen LogP contribution >= 0.6 is 0 Å². The molecule has 7 heteroatoms. The van der Waals surface area contributed by atoms with E-state index in [2.05, 4.69) is 45.6 Å². The van der Waals surface area contributed by atoms with E-state index >= 15 is 0 Å². The fraction of sp³-hybridized carbons (Fsp3) is 0.250. The molecule has 0 atom stereocenters. The molecule has 1 aromatic carbocycles. The molecule has 7 nitrogen and oxygen atoms in total. The van der Waals surface area contributed by atoms with Gasteiger partial charge in [0.1, 0.15) is 0 Å². The second-order valence-corrected chi connectivity index (χ2v) is 8.25. The van der Waals surface area contributed by atoms with Gasteiger partial charge in [-0.2, -0.15) is 10.2 Å². The maximum atomic E-state index is 5.07. The van der Waals surface area contributed by atoms with Gasteiger partial charge < -0.3 is 4.90 Å².